The Labute approximate surface area is 216 Å². The number of phenolic OH excluding ortho intramolecular Hbond substituents is 1. The van der Waals surface area contributed by atoms with E-state index in [4.69, 9.17) is 4.74 Å². The smallest absolute Gasteiger partial charge is 0.408 e. The van der Waals surface area contributed by atoms with Crippen molar-refractivity contribution in [1.82, 2.24) is 10.6 Å². The second-order valence-electron chi connectivity index (χ2n) is 8.25. The van der Waals surface area contributed by atoms with Crippen LogP contribution < -0.4 is 10.6 Å². The van der Waals surface area contributed by atoms with Crippen molar-refractivity contribution < 1.29 is 19.4 Å². The van der Waals surface area contributed by atoms with E-state index < -0.39 is 12.1 Å². The summed E-state index contributed by atoms with van der Waals surface area (Å²) in [6, 6.07) is 12.4. The van der Waals surface area contributed by atoms with Crippen molar-refractivity contribution in [1.29, 1.82) is 0 Å². The molecule has 3 atom stereocenters. The molecule has 3 N–H and O–H groups in total. The summed E-state index contributed by atoms with van der Waals surface area (Å²) in [5.41, 5.74) is 1.74. The number of halogens is 2. The van der Waals surface area contributed by atoms with Crippen LogP contribution in [0.4, 0.5) is 4.79 Å². The Kier molecular flexibility index (Phi) is 9.45. The van der Waals surface area contributed by atoms with Crippen molar-refractivity contribution in [3.63, 3.8) is 0 Å². The van der Waals surface area contributed by atoms with Crippen molar-refractivity contribution in [2.75, 3.05) is 0 Å². The average Bonchev–Trinajstić information content (AvgIpc) is 2.78. The van der Waals surface area contributed by atoms with Crippen LogP contribution >= 0.6 is 45.2 Å². The maximum Gasteiger partial charge on any atom is 0.408 e. The van der Waals surface area contributed by atoms with Crippen LogP contribution in [0.15, 0.2) is 42.5 Å². The van der Waals surface area contributed by atoms with Crippen LogP contribution in [0.5, 0.6) is 5.75 Å². The van der Waals surface area contributed by atoms with Gasteiger partial charge in [0.1, 0.15) is 18.4 Å². The predicted octanol–water partition coefficient (Wildman–Crippen LogP) is 5.13. The summed E-state index contributed by atoms with van der Waals surface area (Å²) in [7, 11) is 0. The van der Waals surface area contributed by atoms with Crippen LogP contribution in [0.1, 0.15) is 43.7 Å². The highest BCUT2D eigenvalue weighted by molar-refractivity contribution is 14.1. The van der Waals surface area contributed by atoms with E-state index in [1.165, 1.54) is 6.42 Å². The van der Waals surface area contributed by atoms with Crippen molar-refractivity contribution in [2.24, 2.45) is 5.92 Å². The van der Waals surface area contributed by atoms with Gasteiger partial charge in [-0.3, -0.25) is 4.79 Å². The molecule has 1 aliphatic carbocycles. The van der Waals surface area contributed by atoms with Crippen molar-refractivity contribution in [2.45, 2.75) is 57.7 Å². The molecule has 1 aliphatic rings. The third kappa shape index (κ3) is 7.23. The van der Waals surface area contributed by atoms with Crippen LogP contribution in [-0.2, 0) is 22.6 Å². The van der Waals surface area contributed by atoms with Gasteiger partial charge in [0.15, 0.2) is 0 Å². The topological polar surface area (TPSA) is 87.7 Å². The lowest BCUT2D eigenvalue weighted by Gasteiger charge is -2.31. The van der Waals surface area contributed by atoms with E-state index in [0.29, 0.717) is 19.5 Å². The maximum atomic E-state index is 13.2. The number of benzene rings is 2. The molecule has 3 rings (SSSR count). The minimum Gasteiger partial charge on any atom is -0.506 e. The number of amides is 2. The van der Waals surface area contributed by atoms with Gasteiger partial charge in [-0.1, -0.05) is 50.1 Å². The number of carbonyl (C=O) groups excluding carboxylic acids is 2. The van der Waals surface area contributed by atoms with Crippen LogP contribution in [0, 0.1) is 13.1 Å². The van der Waals surface area contributed by atoms with Crippen molar-refractivity contribution in [3.05, 3.63) is 60.7 Å². The van der Waals surface area contributed by atoms with E-state index in [1.54, 1.807) is 0 Å². The molecule has 0 aliphatic heterocycles. The summed E-state index contributed by atoms with van der Waals surface area (Å²) in [6.45, 7) is 2.29. The molecule has 2 aromatic rings. The van der Waals surface area contributed by atoms with E-state index in [0.717, 1.165) is 30.4 Å². The van der Waals surface area contributed by atoms with E-state index in [1.807, 2.05) is 42.5 Å². The molecule has 2 amide bonds. The third-order valence-electron chi connectivity index (χ3n) is 5.78. The Morgan fingerprint density at radius 3 is 2.41 bits per heavy atom. The van der Waals surface area contributed by atoms with Crippen LogP contribution in [0.2, 0.25) is 0 Å². The molecule has 8 heteroatoms. The van der Waals surface area contributed by atoms with Gasteiger partial charge in [0, 0.05) is 12.5 Å². The monoisotopic (exact) mass is 662 g/mol. The number of phenols is 1. The Morgan fingerprint density at radius 1 is 1.09 bits per heavy atom. The first-order valence-corrected chi connectivity index (χ1v) is 12.9. The first-order chi connectivity index (χ1) is 15.3. The molecule has 0 aromatic heterocycles. The van der Waals surface area contributed by atoms with Gasteiger partial charge in [-0.2, -0.15) is 0 Å². The first kappa shape index (κ1) is 25.1. The largest absolute Gasteiger partial charge is 0.506 e. The Balaban J connectivity index is 1.70. The molecule has 0 unspecified atom stereocenters. The van der Waals surface area contributed by atoms with Gasteiger partial charge < -0.3 is 20.5 Å². The number of rotatable bonds is 7. The molecule has 2 aromatic carbocycles. The number of carbonyl (C=O) groups is 2. The fourth-order valence-electron chi connectivity index (χ4n) is 3.90. The van der Waals surface area contributed by atoms with Gasteiger partial charge in [0.25, 0.3) is 0 Å². The standard InChI is InChI=1S/C24H28I2N2O4/c1-15-7-5-6-10-20(15)27-23(30)21(13-17-11-18(25)22(29)19(26)12-17)28-24(31)32-14-16-8-3-2-4-9-16/h2-4,8-9,11-12,15,20-21,29H,5-7,10,13-14H2,1H3,(H,27,30)(H,28,31)/t15-,20+,21-/m1/s1. The highest BCUT2D eigenvalue weighted by atomic mass is 127. The quantitative estimate of drug-likeness (QED) is 0.359. The lowest BCUT2D eigenvalue weighted by molar-refractivity contribution is -0.124. The summed E-state index contributed by atoms with van der Waals surface area (Å²) < 4.78 is 6.76. The fourth-order valence-corrected chi connectivity index (χ4v) is 5.80. The molecule has 0 radical (unpaired) electrons. The summed E-state index contributed by atoms with van der Waals surface area (Å²) >= 11 is 4.13. The number of aromatic hydroxyl groups is 1. The molecule has 0 heterocycles. The molecule has 172 valence electrons. The zero-order valence-electron chi connectivity index (χ0n) is 17.9. The van der Waals surface area contributed by atoms with Crippen LogP contribution in [0.3, 0.4) is 0 Å². The van der Waals surface area contributed by atoms with Gasteiger partial charge in [-0.15, -0.1) is 0 Å². The lowest BCUT2D eigenvalue weighted by Crippen LogP contribution is -2.52. The molecule has 6 nitrogen and oxygen atoms in total. The molecular weight excluding hydrogens is 634 g/mol. The maximum absolute atomic E-state index is 13.2. The zero-order valence-corrected chi connectivity index (χ0v) is 22.3. The van der Waals surface area contributed by atoms with Crippen LogP contribution in [-0.4, -0.2) is 29.2 Å². The van der Waals surface area contributed by atoms with E-state index in [2.05, 4.69) is 62.7 Å². The number of ether oxygens (including phenoxy) is 1. The van der Waals surface area contributed by atoms with Gasteiger partial charge in [-0.25, -0.2) is 4.79 Å². The summed E-state index contributed by atoms with van der Waals surface area (Å²) in [4.78, 5) is 25.7. The van der Waals surface area contributed by atoms with E-state index >= 15 is 0 Å². The third-order valence-corrected chi connectivity index (χ3v) is 7.42. The zero-order chi connectivity index (χ0) is 23.1. The number of hydrogen-bond acceptors (Lipinski definition) is 4. The normalized spacial score (nSPS) is 19.1. The molecule has 32 heavy (non-hydrogen) atoms. The second-order valence-corrected chi connectivity index (χ2v) is 10.6. The predicted molar refractivity (Wildman–Crippen MR) is 140 cm³/mol. The lowest BCUT2D eigenvalue weighted by atomic mass is 9.85. The Bertz CT molecular complexity index is 916. The highest BCUT2D eigenvalue weighted by Crippen LogP contribution is 2.28. The van der Waals surface area contributed by atoms with E-state index in [9.17, 15) is 14.7 Å². The fraction of sp³-hybridized carbons (Fsp3) is 0.417. The Morgan fingerprint density at radius 2 is 1.75 bits per heavy atom. The van der Waals surface area contributed by atoms with Crippen molar-refractivity contribution in [3.8, 4) is 5.75 Å². The summed E-state index contributed by atoms with van der Waals surface area (Å²) in [6.07, 6.45) is 4.00. The minimum absolute atomic E-state index is 0.112. The van der Waals surface area contributed by atoms with Crippen molar-refractivity contribution >= 4 is 57.2 Å². The SMILES string of the molecule is C[C@@H]1CCCC[C@@H]1NC(=O)[C@@H](Cc1cc(I)c(O)c(I)c1)NC(=O)OCc1ccccc1. The molecule has 0 bridgehead atoms. The van der Waals surface area contributed by atoms with Crippen LogP contribution in [0.25, 0.3) is 0 Å². The molecule has 0 saturated heterocycles. The van der Waals surface area contributed by atoms with Gasteiger partial charge in [0.2, 0.25) is 5.91 Å². The van der Waals surface area contributed by atoms with E-state index in [-0.39, 0.29) is 24.3 Å². The summed E-state index contributed by atoms with van der Waals surface area (Å²) in [5, 5.41) is 16.0. The molecule has 1 saturated carbocycles. The molecule has 0 spiro atoms. The number of alkyl carbamates (subject to hydrolysis) is 1. The second kappa shape index (κ2) is 12.1. The van der Waals surface area contributed by atoms with Gasteiger partial charge in [0.05, 0.1) is 7.14 Å². The average molecular weight is 662 g/mol. The van der Waals surface area contributed by atoms with Gasteiger partial charge in [-0.05, 0) is 87.2 Å². The minimum atomic E-state index is -0.774. The summed E-state index contributed by atoms with van der Waals surface area (Å²) in [5.74, 6) is 0.426. The highest BCUT2D eigenvalue weighted by Gasteiger charge is 2.28. The molecule has 1 fully saturated rings. The number of hydrogen-bond donors (Lipinski definition) is 3. The number of nitrogens with one attached hydrogen (secondary N) is 2. The Hall–Kier alpha value is -1.56. The first-order valence-electron chi connectivity index (χ1n) is 10.8. The van der Waals surface area contributed by atoms with Gasteiger partial charge >= 0.3 is 6.09 Å². The molecular formula is C24H28I2N2O4.